The largest absolute Gasteiger partial charge is 0.416 e. The minimum Gasteiger partial charge on any atom is -0.376 e. The standard InChI is InChI=1S/C30H33F3N6O2/c1-19-16-38(7-8-41-19)17-20-9-24-25(26(10-20)30(31,32)33)18-39(28(24)40)23-6-4-5-22(11-23)29(12-21(13-29)15-34)14-27-35-37(3)36(27)2/h4-6,9-11,19,21H,7-8,12-14,16-18H2,1-3H3/t19-,21?,29?/m1/s1. The summed E-state index contributed by atoms with van der Waals surface area (Å²) in [6.07, 6.45) is -2.60. The lowest BCUT2D eigenvalue weighted by atomic mass is 9.57. The molecule has 0 spiro atoms. The Hall–Kier alpha value is -3.62. The molecule has 0 bridgehead atoms. The molecule has 3 aromatic rings. The second-order valence-corrected chi connectivity index (χ2v) is 11.7. The van der Waals surface area contributed by atoms with Gasteiger partial charge in [-0.25, -0.2) is 4.80 Å². The molecule has 1 amide bonds. The molecular weight excluding hydrogens is 533 g/mol. The molecule has 11 heteroatoms. The fourth-order valence-corrected chi connectivity index (χ4v) is 6.65. The molecule has 0 N–H and O–H groups in total. The Morgan fingerprint density at radius 3 is 2.63 bits per heavy atom. The van der Waals surface area contributed by atoms with Crippen LogP contribution in [0.5, 0.6) is 0 Å². The second-order valence-electron chi connectivity index (χ2n) is 11.7. The zero-order valence-electron chi connectivity index (χ0n) is 23.4. The number of aromatic nitrogens is 3. The average molecular weight is 567 g/mol. The van der Waals surface area contributed by atoms with Gasteiger partial charge >= 0.3 is 6.18 Å². The molecule has 1 saturated heterocycles. The van der Waals surface area contributed by atoms with Crippen LogP contribution in [0.1, 0.15) is 58.2 Å². The molecule has 8 nitrogen and oxygen atoms in total. The quantitative estimate of drug-likeness (QED) is 0.437. The van der Waals surface area contributed by atoms with Crippen molar-refractivity contribution in [1.29, 1.82) is 5.26 Å². The first-order valence-corrected chi connectivity index (χ1v) is 13.9. The highest BCUT2D eigenvalue weighted by molar-refractivity contribution is 6.10. The number of morpholine rings is 1. The Balaban J connectivity index is 1.31. The molecule has 0 unspecified atom stereocenters. The molecule has 6 rings (SSSR count). The average Bonchev–Trinajstić information content (AvgIpc) is 3.25. The van der Waals surface area contributed by atoms with E-state index in [0.29, 0.717) is 56.8 Å². The van der Waals surface area contributed by atoms with Crippen LogP contribution in [0.4, 0.5) is 18.9 Å². The van der Waals surface area contributed by atoms with Crippen molar-refractivity contribution >= 4 is 11.6 Å². The van der Waals surface area contributed by atoms with E-state index in [1.807, 2.05) is 43.9 Å². The van der Waals surface area contributed by atoms with Crippen molar-refractivity contribution in [2.75, 3.05) is 24.6 Å². The first kappa shape index (κ1) is 27.5. The number of hydrogen-bond donors (Lipinski definition) is 0. The minimum atomic E-state index is -4.58. The van der Waals surface area contributed by atoms with Gasteiger partial charge in [-0.15, -0.1) is 5.10 Å². The van der Waals surface area contributed by atoms with Gasteiger partial charge in [-0.05, 0) is 60.7 Å². The van der Waals surface area contributed by atoms with Crippen molar-refractivity contribution in [3.8, 4) is 6.07 Å². The van der Waals surface area contributed by atoms with Gasteiger partial charge in [0.2, 0.25) is 0 Å². The third-order valence-electron chi connectivity index (χ3n) is 8.93. The van der Waals surface area contributed by atoms with Gasteiger partial charge in [-0.1, -0.05) is 12.1 Å². The highest BCUT2D eigenvalue weighted by Gasteiger charge is 2.47. The summed E-state index contributed by atoms with van der Waals surface area (Å²) in [6.45, 7) is 3.90. The van der Waals surface area contributed by atoms with E-state index in [1.54, 1.807) is 16.9 Å². The summed E-state index contributed by atoms with van der Waals surface area (Å²) in [5, 5.41) is 14.0. The molecule has 2 aliphatic heterocycles. The molecule has 216 valence electrons. The van der Waals surface area contributed by atoms with Crippen LogP contribution in [0.25, 0.3) is 0 Å². The van der Waals surface area contributed by atoms with Crippen LogP contribution in [0.2, 0.25) is 0 Å². The Labute approximate surface area is 236 Å². The zero-order chi connectivity index (χ0) is 29.1. The number of rotatable bonds is 6. The van der Waals surface area contributed by atoms with Crippen molar-refractivity contribution in [3.05, 3.63) is 70.0 Å². The molecule has 3 heterocycles. The van der Waals surface area contributed by atoms with E-state index in [2.05, 4.69) is 16.1 Å². The lowest BCUT2D eigenvalue weighted by Gasteiger charge is -2.46. The van der Waals surface area contributed by atoms with E-state index in [4.69, 9.17) is 4.74 Å². The minimum absolute atomic E-state index is 0.00438. The molecule has 1 atom stereocenters. The molecular formula is C30H33F3N6O2. The van der Waals surface area contributed by atoms with E-state index < -0.39 is 17.6 Å². The first-order chi connectivity index (χ1) is 19.5. The molecule has 41 heavy (non-hydrogen) atoms. The van der Waals surface area contributed by atoms with Gasteiger partial charge in [0, 0.05) is 62.7 Å². The number of nitriles is 1. The number of carbonyl (C=O) groups is 1. The number of anilines is 1. The second kappa shape index (κ2) is 10.0. The van der Waals surface area contributed by atoms with E-state index in [9.17, 15) is 23.2 Å². The lowest BCUT2D eigenvalue weighted by Crippen LogP contribution is -2.45. The first-order valence-electron chi connectivity index (χ1n) is 13.9. The zero-order valence-corrected chi connectivity index (χ0v) is 23.4. The number of nitrogens with zero attached hydrogens (tertiary/aromatic N) is 6. The lowest BCUT2D eigenvalue weighted by molar-refractivity contribution is -0.138. The van der Waals surface area contributed by atoms with E-state index >= 15 is 0 Å². The number of halogens is 3. The van der Waals surface area contributed by atoms with E-state index in [-0.39, 0.29) is 35.1 Å². The normalized spacial score (nSPS) is 24.8. The summed E-state index contributed by atoms with van der Waals surface area (Å²) in [4.78, 5) is 18.9. The van der Waals surface area contributed by atoms with Gasteiger partial charge in [-0.2, -0.15) is 18.4 Å². The number of hydrogen-bond acceptors (Lipinski definition) is 5. The summed E-state index contributed by atoms with van der Waals surface area (Å²) in [5.74, 6) is 0.417. The number of benzene rings is 2. The summed E-state index contributed by atoms with van der Waals surface area (Å²) in [7, 11) is 3.79. The summed E-state index contributed by atoms with van der Waals surface area (Å²) in [5.41, 5.74) is 1.05. The third-order valence-corrected chi connectivity index (χ3v) is 8.93. The maximum atomic E-state index is 14.3. The van der Waals surface area contributed by atoms with Crippen LogP contribution >= 0.6 is 0 Å². The highest BCUT2D eigenvalue weighted by atomic mass is 19.4. The van der Waals surface area contributed by atoms with Crippen LogP contribution in [0, 0.1) is 17.2 Å². The maximum absolute atomic E-state index is 14.3. The van der Waals surface area contributed by atoms with Crippen LogP contribution in [-0.4, -0.2) is 51.2 Å². The van der Waals surface area contributed by atoms with Gasteiger partial charge in [0.1, 0.15) is 5.82 Å². The number of carbonyl (C=O) groups excluding carboxylic acids is 1. The molecule has 1 aromatic heterocycles. The monoisotopic (exact) mass is 566 g/mol. The molecule has 2 aromatic carbocycles. The Bertz CT molecular complexity index is 1530. The van der Waals surface area contributed by atoms with Gasteiger partial charge in [0.15, 0.2) is 0 Å². The van der Waals surface area contributed by atoms with Crippen molar-refractivity contribution in [2.24, 2.45) is 20.0 Å². The predicted molar refractivity (Wildman–Crippen MR) is 145 cm³/mol. The van der Waals surface area contributed by atoms with Crippen LogP contribution in [0.15, 0.2) is 36.4 Å². The molecule has 3 aliphatic rings. The fourth-order valence-electron chi connectivity index (χ4n) is 6.65. The molecule has 1 saturated carbocycles. The van der Waals surface area contributed by atoms with Crippen molar-refractivity contribution in [3.63, 3.8) is 0 Å². The topological polar surface area (TPSA) is 79.3 Å². The van der Waals surface area contributed by atoms with Crippen molar-refractivity contribution in [1.82, 2.24) is 19.5 Å². The van der Waals surface area contributed by atoms with Gasteiger partial charge in [0.25, 0.3) is 5.91 Å². The Morgan fingerprint density at radius 1 is 1.20 bits per heavy atom. The van der Waals surface area contributed by atoms with Gasteiger partial charge in [0.05, 0.1) is 30.9 Å². The molecule has 1 aliphatic carbocycles. The summed E-state index contributed by atoms with van der Waals surface area (Å²) < 4.78 is 50.4. The van der Waals surface area contributed by atoms with Crippen molar-refractivity contribution < 1.29 is 22.7 Å². The molecule has 0 radical (unpaired) electrons. The van der Waals surface area contributed by atoms with E-state index in [1.165, 1.54) is 11.0 Å². The van der Waals surface area contributed by atoms with Gasteiger partial charge in [-0.3, -0.25) is 14.4 Å². The Morgan fingerprint density at radius 2 is 1.98 bits per heavy atom. The summed E-state index contributed by atoms with van der Waals surface area (Å²) in [6, 6.07) is 12.7. The van der Waals surface area contributed by atoms with Crippen LogP contribution in [0.3, 0.4) is 0 Å². The smallest absolute Gasteiger partial charge is 0.376 e. The number of amides is 1. The SMILES string of the molecule is C[C@@H]1CN(Cc2cc3c(c(C(F)(F)F)c2)CN(c2cccc(C4(Cc5nn(C)n5C)CC(C#N)C4)c2)C3=O)CCO1. The van der Waals surface area contributed by atoms with Gasteiger partial charge < -0.3 is 9.64 Å². The third kappa shape index (κ3) is 4.93. The van der Waals surface area contributed by atoms with Crippen LogP contribution in [-0.2, 0) is 49.9 Å². The number of ether oxygens (including phenoxy) is 1. The predicted octanol–water partition coefficient (Wildman–Crippen LogP) is 4.57. The number of aryl methyl sites for hydroxylation is 1. The van der Waals surface area contributed by atoms with E-state index in [0.717, 1.165) is 11.4 Å². The Kier molecular flexibility index (Phi) is 6.74. The fraction of sp³-hybridized carbons (Fsp3) is 0.500. The molecule has 2 fully saturated rings. The van der Waals surface area contributed by atoms with Crippen LogP contribution < -0.4 is 4.90 Å². The highest BCUT2D eigenvalue weighted by Crippen LogP contribution is 2.50. The number of alkyl halides is 3. The number of fused-ring (bicyclic) bond motifs is 1. The maximum Gasteiger partial charge on any atom is 0.416 e. The summed E-state index contributed by atoms with van der Waals surface area (Å²) >= 11 is 0. The van der Waals surface area contributed by atoms with Crippen molar-refractivity contribution in [2.45, 2.75) is 57.0 Å².